The highest BCUT2D eigenvalue weighted by Crippen LogP contribution is 2.25. The van der Waals surface area contributed by atoms with Crippen LogP contribution in [0.2, 0.25) is 0 Å². The number of hydrogen-bond acceptors (Lipinski definition) is 3. The van der Waals surface area contributed by atoms with Gasteiger partial charge in [0.05, 0.1) is 12.7 Å². The van der Waals surface area contributed by atoms with Gasteiger partial charge in [-0.15, -0.1) is 0 Å². The van der Waals surface area contributed by atoms with Crippen LogP contribution < -0.4 is 10.1 Å². The molecule has 0 saturated carbocycles. The average molecular weight is 269 g/mol. The van der Waals surface area contributed by atoms with Crippen LogP contribution in [-0.4, -0.2) is 13.4 Å². The van der Waals surface area contributed by atoms with Crippen molar-refractivity contribution in [2.24, 2.45) is 0 Å². The number of rotatable bonds is 5. The van der Waals surface area contributed by atoms with Crippen molar-refractivity contribution in [3.8, 4) is 5.75 Å². The average Bonchev–Trinajstić information content (AvgIpc) is 2.47. The van der Waals surface area contributed by atoms with E-state index in [4.69, 9.17) is 4.74 Å². The maximum Gasteiger partial charge on any atom is 0.153 e. The van der Waals surface area contributed by atoms with Crippen molar-refractivity contribution in [2.45, 2.75) is 19.8 Å². The summed E-state index contributed by atoms with van der Waals surface area (Å²) in [7, 11) is 1.56. The van der Waals surface area contributed by atoms with Crippen LogP contribution in [0.4, 0.5) is 11.4 Å². The molecule has 0 radical (unpaired) electrons. The zero-order chi connectivity index (χ0) is 14.5. The van der Waals surface area contributed by atoms with E-state index in [9.17, 15) is 4.79 Å². The molecule has 3 nitrogen and oxygen atoms in total. The molecular weight excluding hydrogens is 250 g/mol. The monoisotopic (exact) mass is 269 g/mol. The molecule has 0 saturated heterocycles. The molecule has 0 aromatic heterocycles. The first-order chi connectivity index (χ1) is 9.63. The molecule has 0 heterocycles. The largest absolute Gasteiger partial charge is 0.496 e. The van der Waals surface area contributed by atoms with E-state index in [1.807, 2.05) is 12.1 Å². The number of nitrogens with one attached hydrogen (secondary N) is 1. The standard InChI is InChI=1S/C17H19NO2/c1-12(2)13-4-7-15(8-5-13)18-16-9-6-14(11-19)17(10-16)20-3/h4-12,18H,1-3H3. The maximum absolute atomic E-state index is 10.9. The Morgan fingerprint density at radius 1 is 1.05 bits per heavy atom. The van der Waals surface area contributed by atoms with Gasteiger partial charge in [-0.1, -0.05) is 26.0 Å². The highest BCUT2D eigenvalue weighted by Gasteiger charge is 2.04. The predicted molar refractivity (Wildman–Crippen MR) is 82.2 cm³/mol. The van der Waals surface area contributed by atoms with Gasteiger partial charge in [0, 0.05) is 17.4 Å². The molecule has 0 amide bonds. The number of aldehydes is 1. The second kappa shape index (κ2) is 6.24. The second-order valence-corrected chi connectivity index (χ2v) is 4.98. The van der Waals surface area contributed by atoms with E-state index in [-0.39, 0.29) is 0 Å². The predicted octanol–water partition coefficient (Wildman–Crippen LogP) is 4.37. The first-order valence-corrected chi connectivity index (χ1v) is 6.64. The molecular formula is C17H19NO2. The molecule has 3 heteroatoms. The van der Waals surface area contributed by atoms with Gasteiger partial charge in [-0.2, -0.15) is 0 Å². The molecule has 0 unspecified atom stereocenters. The lowest BCUT2D eigenvalue weighted by Crippen LogP contribution is -1.95. The minimum absolute atomic E-state index is 0.524. The molecule has 0 aliphatic heterocycles. The second-order valence-electron chi connectivity index (χ2n) is 4.98. The normalized spacial score (nSPS) is 10.4. The van der Waals surface area contributed by atoms with E-state index < -0.39 is 0 Å². The van der Waals surface area contributed by atoms with Crippen LogP contribution in [-0.2, 0) is 0 Å². The van der Waals surface area contributed by atoms with Crippen molar-refractivity contribution in [2.75, 3.05) is 12.4 Å². The smallest absolute Gasteiger partial charge is 0.153 e. The van der Waals surface area contributed by atoms with Crippen molar-refractivity contribution >= 4 is 17.7 Å². The Morgan fingerprint density at radius 3 is 2.25 bits per heavy atom. The third kappa shape index (κ3) is 3.18. The van der Waals surface area contributed by atoms with Crippen molar-refractivity contribution in [1.82, 2.24) is 0 Å². The lowest BCUT2D eigenvalue weighted by molar-refractivity contribution is 0.112. The Hall–Kier alpha value is -2.29. The number of carbonyl (C=O) groups excluding carboxylic acids is 1. The fourth-order valence-corrected chi connectivity index (χ4v) is 2.00. The Labute approximate surface area is 119 Å². The molecule has 2 aromatic carbocycles. The molecule has 2 aromatic rings. The van der Waals surface area contributed by atoms with Gasteiger partial charge in [0.25, 0.3) is 0 Å². The van der Waals surface area contributed by atoms with Gasteiger partial charge in [0.2, 0.25) is 0 Å². The van der Waals surface area contributed by atoms with E-state index in [1.54, 1.807) is 13.2 Å². The van der Waals surface area contributed by atoms with Crippen LogP contribution in [0.3, 0.4) is 0 Å². The van der Waals surface area contributed by atoms with E-state index >= 15 is 0 Å². The fraction of sp³-hybridized carbons (Fsp3) is 0.235. The third-order valence-electron chi connectivity index (χ3n) is 3.23. The summed E-state index contributed by atoms with van der Waals surface area (Å²) < 4.78 is 5.19. The molecule has 0 fully saturated rings. The van der Waals surface area contributed by atoms with Gasteiger partial charge in [-0.3, -0.25) is 4.79 Å². The summed E-state index contributed by atoms with van der Waals surface area (Å²) in [4.78, 5) is 10.9. The summed E-state index contributed by atoms with van der Waals surface area (Å²) in [6.07, 6.45) is 0.792. The summed E-state index contributed by atoms with van der Waals surface area (Å²) in [5.74, 6) is 1.10. The number of methoxy groups -OCH3 is 1. The van der Waals surface area contributed by atoms with E-state index in [1.165, 1.54) is 5.56 Å². The van der Waals surface area contributed by atoms with E-state index in [2.05, 4.69) is 43.4 Å². The summed E-state index contributed by atoms with van der Waals surface area (Å²) in [5.41, 5.74) is 3.76. The Kier molecular flexibility index (Phi) is 4.41. The van der Waals surface area contributed by atoms with Crippen LogP contribution >= 0.6 is 0 Å². The summed E-state index contributed by atoms with van der Waals surface area (Å²) in [6, 6.07) is 13.8. The van der Waals surface area contributed by atoms with Crippen molar-refractivity contribution in [1.29, 1.82) is 0 Å². The van der Waals surface area contributed by atoms with Crippen molar-refractivity contribution in [3.05, 3.63) is 53.6 Å². The molecule has 0 aliphatic carbocycles. The molecule has 2 rings (SSSR count). The van der Waals surface area contributed by atoms with Crippen LogP contribution in [0.25, 0.3) is 0 Å². The molecule has 0 atom stereocenters. The van der Waals surface area contributed by atoms with E-state index in [0.717, 1.165) is 17.7 Å². The maximum atomic E-state index is 10.9. The summed E-state index contributed by atoms with van der Waals surface area (Å²) in [5, 5.41) is 3.30. The molecule has 20 heavy (non-hydrogen) atoms. The minimum atomic E-state index is 0.524. The number of anilines is 2. The molecule has 0 aliphatic rings. The van der Waals surface area contributed by atoms with Crippen LogP contribution in [0, 0.1) is 0 Å². The van der Waals surface area contributed by atoms with Crippen LogP contribution in [0.5, 0.6) is 5.75 Å². The zero-order valence-corrected chi connectivity index (χ0v) is 12.0. The fourth-order valence-electron chi connectivity index (χ4n) is 2.00. The van der Waals surface area contributed by atoms with Gasteiger partial charge >= 0.3 is 0 Å². The van der Waals surface area contributed by atoms with Crippen LogP contribution in [0.1, 0.15) is 35.7 Å². The van der Waals surface area contributed by atoms with Crippen molar-refractivity contribution in [3.63, 3.8) is 0 Å². The number of benzene rings is 2. The highest BCUT2D eigenvalue weighted by molar-refractivity contribution is 5.81. The van der Waals surface area contributed by atoms with Crippen LogP contribution in [0.15, 0.2) is 42.5 Å². The lowest BCUT2D eigenvalue weighted by Gasteiger charge is -2.11. The Morgan fingerprint density at radius 2 is 1.70 bits per heavy atom. The SMILES string of the molecule is COc1cc(Nc2ccc(C(C)C)cc2)ccc1C=O. The number of carbonyl (C=O) groups is 1. The molecule has 0 spiro atoms. The van der Waals surface area contributed by atoms with Gasteiger partial charge in [-0.05, 0) is 35.7 Å². The first kappa shape index (κ1) is 14.1. The number of ether oxygens (including phenoxy) is 1. The van der Waals surface area contributed by atoms with Crippen molar-refractivity contribution < 1.29 is 9.53 Å². The summed E-state index contributed by atoms with van der Waals surface area (Å²) in [6.45, 7) is 4.34. The minimum Gasteiger partial charge on any atom is -0.496 e. The quantitative estimate of drug-likeness (QED) is 0.819. The Balaban J connectivity index is 2.19. The first-order valence-electron chi connectivity index (χ1n) is 6.64. The van der Waals surface area contributed by atoms with E-state index in [0.29, 0.717) is 17.2 Å². The molecule has 0 bridgehead atoms. The van der Waals surface area contributed by atoms with Gasteiger partial charge in [-0.25, -0.2) is 0 Å². The third-order valence-corrected chi connectivity index (χ3v) is 3.23. The zero-order valence-electron chi connectivity index (χ0n) is 12.0. The molecule has 104 valence electrons. The Bertz CT molecular complexity index is 588. The number of hydrogen-bond donors (Lipinski definition) is 1. The highest BCUT2D eigenvalue weighted by atomic mass is 16.5. The van der Waals surface area contributed by atoms with Gasteiger partial charge in [0.1, 0.15) is 5.75 Å². The van der Waals surface area contributed by atoms with Gasteiger partial charge in [0.15, 0.2) is 6.29 Å². The lowest BCUT2D eigenvalue weighted by atomic mass is 10.0. The van der Waals surface area contributed by atoms with Gasteiger partial charge < -0.3 is 10.1 Å². The summed E-state index contributed by atoms with van der Waals surface area (Å²) >= 11 is 0. The molecule has 1 N–H and O–H groups in total. The topological polar surface area (TPSA) is 38.3 Å².